The van der Waals surface area contributed by atoms with Crippen LogP contribution in [0.3, 0.4) is 0 Å². The largest absolute Gasteiger partial charge is 0.333 e. The maximum absolute atomic E-state index is 5.86. The van der Waals surface area contributed by atoms with Crippen LogP contribution in [-0.4, -0.2) is 7.05 Å². The van der Waals surface area contributed by atoms with Crippen LogP contribution in [0, 0.1) is 0 Å². The molecule has 3 heteroatoms. The Bertz CT molecular complexity index is 236. The minimum atomic E-state index is 0.640. The van der Waals surface area contributed by atoms with E-state index in [4.69, 9.17) is 23.2 Å². The van der Waals surface area contributed by atoms with E-state index in [1.54, 1.807) is 6.07 Å². The first-order valence-electron chi connectivity index (χ1n) is 3.76. The van der Waals surface area contributed by atoms with E-state index < -0.39 is 0 Å². The van der Waals surface area contributed by atoms with Crippen LogP contribution < -0.4 is 5.73 Å². The molecule has 0 fully saturated rings. The van der Waals surface area contributed by atoms with E-state index in [2.05, 4.69) is 12.7 Å². The average Bonchev–Trinajstić information content (AvgIpc) is 2.13. The van der Waals surface area contributed by atoms with Gasteiger partial charge >= 0.3 is 0 Å². The number of hydrogen-bond donors (Lipinski definition) is 1. The summed E-state index contributed by atoms with van der Waals surface area (Å²) < 4.78 is 0. The molecule has 0 aliphatic rings. The molecule has 1 rings (SSSR count). The number of nitrogens with two attached hydrogens (primary N) is 1. The van der Waals surface area contributed by atoms with Crippen LogP contribution >= 0.6 is 23.2 Å². The number of aryl methyl sites for hydroxylation is 1. The molecule has 12 heavy (non-hydrogen) atoms. The first-order chi connectivity index (χ1) is 5.75. The highest BCUT2D eigenvalue weighted by Gasteiger charge is 1.99. The Balaban J connectivity index is 0.000000561. The van der Waals surface area contributed by atoms with Gasteiger partial charge in [-0.1, -0.05) is 42.3 Å². The minimum Gasteiger partial charge on any atom is -0.333 e. The van der Waals surface area contributed by atoms with Crippen LogP contribution in [0.15, 0.2) is 18.2 Å². The summed E-state index contributed by atoms with van der Waals surface area (Å²) in [5, 5.41) is 1.33. The second kappa shape index (κ2) is 6.30. The predicted molar refractivity (Wildman–Crippen MR) is 56.0 cm³/mol. The number of hydrogen-bond acceptors (Lipinski definition) is 1. The molecule has 68 valence electrons. The van der Waals surface area contributed by atoms with Gasteiger partial charge < -0.3 is 5.73 Å². The molecule has 1 nitrogen and oxygen atoms in total. The SMILES string of the molecule is CCc1cccc(Cl)c1Cl.CN. The Morgan fingerprint density at radius 2 is 1.83 bits per heavy atom. The molecular formula is C9H13Cl2N. The molecule has 0 atom stereocenters. The smallest absolute Gasteiger partial charge is 0.0624 e. The number of rotatable bonds is 1. The fourth-order valence-corrected chi connectivity index (χ4v) is 1.28. The molecule has 0 aromatic heterocycles. The molecule has 0 amide bonds. The predicted octanol–water partition coefficient (Wildman–Crippen LogP) is 3.13. The summed E-state index contributed by atoms with van der Waals surface area (Å²) in [5.74, 6) is 0. The van der Waals surface area contributed by atoms with Crippen LogP contribution in [0.25, 0.3) is 0 Å². The summed E-state index contributed by atoms with van der Waals surface area (Å²) in [5.41, 5.74) is 5.61. The quantitative estimate of drug-likeness (QED) is 0.750. The van der Waals surface area contributed by atoms with Gasteiger partial charge in [-0.2, -0.15) is 0 Å². The lowest BCUT2D eigenvalue weighted by Gasteiger charge is -2.00. The summed E-state index contributed by atoms with van der Waals surface area (Å²) in [7, 11) is 1.50. The third kappa shape index (κ3) is 3.02. The highest BCUT2D eigenvalue weighted by Crippen LogP contribution is 2.25. The van der Waals surface area contributed by atoms with Crippen molar-refractivity contribution in [2.24, 2.45) is 5.73 Å². The lowest BCUT2D eigenvalue weighted by molar-refractivity contribution is 1.14. The van der Waals surface area contributed by atoms with Gasteiger partial charge in [-0.3, -0.25) is 0 Å². The molecule has 2 N–H and O–H groups in total. The van der Waals surface area contributed by atoms with Gasteiger partial charge in [-0.05, 0) is 25.1 Å². The molecular weight excluding hydrogens is 193 g/mol. The van der Waals surface area contributed by atoms with Gasteiger partial charge in [0.2, 0.25) is 0 Å². The van der Waals surface area contributed by atoms with Crippen molar-refractivity contribution in [1.82, 2.24) is 0 Å². The zero-order valence-corrected chi connectivity index (χ0v) is 8.78. The Morgan fingerprint density at radius 1 is 1.25 bits per heavy atom. The Morgan fingerprint density at radius 3 is 2.25 bits per heavy atom. The highest BCUT2D eigenvalue weighted by molar-refractivity contribution is 6.42. The van der Waals surface area contributed by atoms with E-state index in [-0.39, 0.29) is 0 Å². The molecule has 0 spiro atoms. The van der Waals surface area contributed by atoms with E-state index in [0.717, 1.165) is 12.0 Å². The van der Waals surface area contributed by atoms with E-state index in [0.29, 0.717) is 10.0 Å². The number of halogens is 2. The Kier molecular flexibility index (Phi) is 6.17. The Hall–Kier alpha value is -0.240. The molecule has 0 aliphatic carbocycles. The topological polar surface area (TPSA) is 26.0 Å². The van der Waals surface area contributed by atoms with Gasteiger partial charge in [0, 0.05) is 0 Å². The molecule has 0 saturated heterocycles. The normalized spacial score (nSPS) is 8.75. The van der Waals surface area contributed by atoms with Crippen molar-refractivity contribution < 1.29 is 0 Å². The summed E-state index contributed by atoms with van der Waals surface area (Å²) >= 11 is 11.6. The van der Waals surface area contributed by atoms with Gasteiger partial charge in [0.15, 0.2) is 0 Å². The maximum Gasteiger partial charge on any atom is 0.0624 e. The summed E-state index contributed by atoms with van der Waals surface area (Å²) in [6, 6.07) is 5.68. The van der Waals surface area contributed by atoms with Crippen molar-refractivity contribution in [3.8, 4) is 0 Å². The van der Waals surface area contributed by atoms with E-state index in [1.807, 2.05) is 12.1 Å². The van der Waals surface area contributed by atoms with Gasteiger partial charge in [-0.25, -0.2) is 0 Å². The van der Waals surface area contributed by atoms with Crippen molar-refractivity contribution in [2.75, 3.05) is 7.05 Å². The highest BCUT2D eigenvalue weighted by atomic mass is 35.5. The zero-order valence-electron chi connectivity index (χ0n) is 7.27. The summed E-state index contributed by atoms with van der Waals surface area (Å²) in [6.07, 6.45) is 0.930. The molecule has 0 saturated carbocycles. The summed E-state index contributed by atoms with van der Waals surface area (Å²) in [6.45, 7) is 2.05. The van der Waals surface area contributed by atoms with Crippen LogP contribution in [0.1, 0.15) is 12.5 Å². The van der Waals surface area contributed by atoms with Crippen LogP contribution in [-0.2, 0) is 6.42 Å². The molecule has 0 aliphatic heterocycles. The minimum absolute atomic E-state index is 0.640. The third-order valence-corrected chi connectivity index (χ3v) is 2.27. The summed E-state index contributed by atoms with van der Waals surface area (Å²) in [4.78, 5) is 0. The van der Waals surface area contributed by atoms with Crippen molar-refractivity contribution in [3.63, 3.8) is 0 Å². The van der Waals surface area contributed by atoms with Crippen LogP contribution in [0.5, 0.6) is 0 Å². The van der Waals surface area contributed by atoms with E-state index >= 15 is 0 Å². The second-order valence-electron chi connectivity index (χ2n) is 2.07. The lowest BCUT2D eigenvalue weighted by atomic mass is 10.2. The second-order valence-corrected chi connectivity index (χ2v) is 2.85. The van der Waals surface area contributed by atoms with Gasteiger partial charge in [-0.15, -0.1) is 0 Å². The third-order valence-electron chi connectivity index (χ3n) is 1.41. The van der Waals surface area contributed by atoms with Crippen molar-refractivity contribution >= 4 is 23.2 Å². The van der Waals surface area contributed by atoms with E-state index in [1.165, 1.54) is 7.05 Å². The lowest BCUT2D eigenvalue weighted by Crippen LogP contribution is -1.80. The zero-order chi connectivity index (χ0) is 9.56. The van der Waals surface area contributed by atoms with Crippen molar-refractivity contribution in [1.29, 1.82) is 0 Å². The Labute approximate surface area is 83.5 Å². The van der Waals surface area contributed by atoms with Crippen molar-refractivity contribution in [2.45, 2.75) is 13.3 Å². The molecule has 0 radical (unpaired) electrons. The van der Waals surface area contributed by atoms with Crippen molar-refractivity contribution in [3.05, 3.63) is 33.8 Å². The van der Waals surface area contributed by atoms with Crippen LogP contribution in [0.4, 0.5) is 0 Å². The monoisotopic (exact) mass is 205 g/mol. The first-order valence-corrected chi connectivity index (χ1v) is 4.52. The molecule has 0 heterocycles. The molecule has 1 aromatic carbocycles. The first kappa shape index (κ1) is 11.8. The fraction of sp³-hybridized carbons (Fsp3) is 0.333. The van der Waals surface area contributed by atoms with Gasteiger partial charge in [0.05, 0.1) is 10.0 Å². The molecule has 0 unspecified atom stereocenters. The van der Waals surface area contributed by atoms with Crippen LogP contribution in [0.2, 0.25) is 10.0 Å². The fourth-order valence-electron chi connectivity index (χ4n) is 0.822. The number of benzene rings is 1. The van der Waals surface area contributed by atoms with Gasteiger partial charge in [0.25, 0.3) is 0 Å². The average molecular weight is 206 g/mol. The van der Waals surface area contributed by atoms with Gasteiger partial charge in [0.1, 0.15) is 0 Å². The molecule has 1 aromatic rings. The van der Waals surface area contributed by atoms with E-state index in [9.17, 15) is 0 Å². The maximum atomic E-state index is 5.86. The standard InChI is InChI=1S/C8H8Cl2.CH5N/c1-2-6-4-3-5-7(9)8(6)10;1-2/h3-5H,2H2,1H3;2H2,1H3. The molecule has 0 bridgehead atoms.